The van der Waals surface area contributed by atoms with E-state index in [9.17, 15) is 14.4 Å². The average Bonchev–Trinajstić information content (AvgIpc) is 3.44. The van der Waals surface area contributed by atoms with Gasteiger partial charge in [0.1, 0.15) is 17.9 Å². The van der Waals surface area contributed by atoms with Gasteiger partial charge in [0.25, 0.3) is 5.56 Å². The van der Waals surface area contributed by atoms with E-state index < -0.39 is 23.1 Å². The van der Waals surface area contributed by atoms with Gasteiger partial charge in [-0.1, -0.05) is 11.6 Å². The van der Waals surface area contributed by atoms with Crippen molar-refractivity contribution in [2.24, 2.45) is 0 Å². The van der Waals surface area contributed by atoms with E-state index in [0.29, 0.717) is 40.6 Å². The van der Waals surface area contributed by atoms with Gasteiger partial charge >= 0.3 is 6.09 Å². The highest BCUT2D eigenvalue weighted by molar-refractivity contribution is 6.31. The van der Waals surface area contributed by atoms with Gasteiger partial charge in [-0.2, -0.15) is 5.26 Å². The Morgan fingerprint density at radius 1 is 1.38 bits per heavy atom. The molecule has 3 rings (SSSR count). The van der Waals surface area contributed by atoms with E-state index in [2.05, 4.69) is 26.4 Å². The third-order valence-electron chi connectivity index (χ3n) is 4.52. The SMILES string of the molecule is COC(=O)Nc1cc(Cl)ccc1-c1cc(=O)n(CC(=O)NC2(C#N)CC2)c(C)n1. The number of ether oxygens (including phenoxy) is 1. The van der Waals surface area contributed by atoms with Crippen LogP contribution in [-0.4, -0.2) is 34.2 Å². The van der Waals surface area contributed by atoms with Gasteiger partial charge in [0.2, 0.25) is 5.91 Å². The van der Waals surface area contributed by atoms with Crippen molar-refractivity contribution in [1.82, 2.24) is 14.9 Å². The molecule has 0 atom stereocenters. The van der Waals surface area contributed by atoms with Crippen molar-refractivity contribution in [3.63, 3.8) is 0 Å². The highest BCUT2D eigenvalue weighted by Gasteiger charge is 2.44. The zero-order chi connectivity index (χ0) is 21.2. The Hall–Kier alpha value is -3.38. The van der Waals surface area contributed by atoms with Crippen LogP contribution >= 0.6 is 11.6 Å². The molecule has 2 aromatic rings. The van der Waals surface area contributed by atoms with E-state index in [1.807, 2.05) is 0 Å². The number of benzene rings is 1. The zero-order valence-corrected chi connectivity index (χ0v) is 16.5. The van der Waals surface area contributed by atoms with Crippen LogP contribution in [0.3, 0.4) is 0 Å². The van der Waals surface area contributed by atoms with Gasteiger partial charge in [0, 0.05) is 16.7 Å². The molecule has 150 valence electrons. The average molecular weight is 416 g/mol. The Morgan fingerprint density at radius 2 is 2.10 bits per heavy atom. The number of aryl methyl sites for hydroxylation is 1. The number of halogens is 1. The summed E-state index contributed by atoms with van der Waals surface area (Å²) < 4.78 is 5.82. The molecule has 0 bridgehead atoms. The van der Waals surface area contributed by atoms with Crippen LogP contribution in [0.2, 0.25) is 5.02 Å². The fourth-order valence-corrected chi connectivity index (χ4v) is 2.97. The predicted molar refractivity (Wildman–Crippen MR) is 105 cm³/mol. The lowest BCUT2D eigenvalue weighted by atomic mass is 10.1. The summed E-state index contributed by atoms with van der Waals surface area (Å²) in [6, 6.07) is 8.08. The van der Waals surface area contributed by atoms with E-state index in [1.165, 1.54) is 23.8 Å². The number of carbonyl (C=O) groups is 2. The molecule has 9 nitrogen and oxygen atoms in total. The minimum absolute atomic E-state index is 0.241. The lowest BCUT2D eigenvalue weighted by molar-refractivity contribution is -0.122. The maximum Gasteiger partial charge on any atom is 0.411 e. The first-order chi connectivity index (χ1) is 13.8. The fourth-order valence-electron chi connectivity index (χ4n) is 2.80. The summed E-state index contributed by atoms with van der Waals surface area (Å²) in [6.45, 7) is 1.36. The van der Waals surface area contributed by atoms with E-state index in [0.717, 1.165) is 0 Å². The molecule has 0 saturated heterocycles. The second kappa shape index (κ2) is 7.93. The Bertz CT molecular complexity index is 1080. The molecule has 0 spiro atoms. The van der Waals surface area contributed by atoms with Gasteiger partial charge in [-0.05, 0) is 38.0 Å². The maximum atomic E-state index is 12.6. The number of hydrogen-bond donors (Lipinski definition) is 2. The monoisotopic (exact) mass is 415 g/mol. The Labute approximate surface area is 171 Å². The Kier molecular flexibility index (Phi) is 5.57. The summed E-state index contributed by atoms with van der Waals surface area (Å²) in [5.41, 5.74) is -0.139. The molecule has 1 aromatic carbocycles. The van der Waals surface area contributed by atoms with Crippen molar-refractivity contribution >= 4 is 29.3 Å². The number of methoxy groups -OCH3 is 1. The fraction of sp³-hybridized carbons (Fsp3) is 0.316. The zero-order valence-electron chi connectivity index (χ0n) is 15.8. The van der Waals surface area contributed by atoms with Crippen molar-refractivity contribution in [2.75, 3.05) is 12.4 Å². The molecule has 1 aliphatic rings. The number of carbonyl (C=O) groups excluding carboxylic acids is 2. The summed E-state index contributed by atoms with van der Waals surface area (Å²) in [5.74, 6) is -0.119. The van der Waals surface area contributed by atoms with Gasteiger partial charge in [-0.15, -0.1) is 0 Å². The van der Waals surface area contributed by atoms with Crippen LogP contribution in [0.4, 0.5) is 10.5 Å². The van der Waals surface area contributed by atoms with Crippen LogP contribution in [0.1, 0.15) is 18.7 Å². The number of hydrogen-bond acceptors (Lipinski definition) is 6. The van der Waals surface area contributed by atoms with Crippen LogP contribution in [0.15, 0.2) is 29.1 Å². The summed E-state index contributed by atoms with van der Waals surface area (Å²) >= 11 is 6.00. The molecule has 1 saturated carbocycles. The van der Waals surface area contributed by atoms with Gasteiger partial charge in [-0.25, -0.2) is 9.78 Å². The third-order valence-corrected chi connectivity index (χ3v) is 4.76. The largest absolute Gasteiger partial charge is 0.453 e. The first kappa shape index (κ1) is 20.4. The summed E-state index contributed by atoms with van der Waals surface area (Å²) in [6.07, 6.45) is 0.515. The normalized spacial score (nSPS) is 13.9. The molecule has 1 aliphatic carbocycles. The molecule has 0 radical (unpaired) electrons. The smallest absolute Gasteiger partial charge is 0.411 e. The van der Waals surface area contributed by atoms with Crippen LogP contribution in [-0.2, 0) is 16.1 Å². The first-order valence-corrected chi connectivity index (χ1v) is 9.10. The minimum Gasteiger partial charge on any atom is -0.453 e. The summed E-state index contributed by atoms with van der Waals surface area (Å²) in [7, 11) is 1.23. The van der Waals surface area contributed by atoms with E-state index in [4.69, 9.17) is 16.9 Å². The van der Waals surface area contributed by atoms with Crippen molar-refractivity contribution in [3.8, 4) is 17.3 Å². The lowest BCUT2D eigenvalue weighted by Crippen LogP contribution is -2.40. The molecule has 1 aromatic heterocycles. The predicted octanol–water partition coefficient (Wildman–Crippen LogP) is 2.22. The number of anilines is 1. The minimum atomic E-state index is -0.806. The third kappa shape index (κ3) is 4.55. The Balaban J connectivity index is 1.90. The van der Waals surface area contributed by atoms with E-state index >= 15 is 0 Å². The van der Waals surface area contributed by atoms with Crippen LogP contribution in [0, 0.1) is 18.3 Å². The molecule has 1 heterocycles. The van der Waals surface area contributed by atoms with E-state index in [1.54, 1.807) is 19.1 Å². The van der Waals surface area contributed by atoms with Crippen molar-refractivity contribution < 1.29 is 14.3 Å². The molecule has 1 fully saturated rings. The highest BCUT2D eigenvalue weighted by atomic mass is 35.5. The van der Waals surface area contributed by atoms with Crippen LogP contribution < -0.4 is 16.2 Å². The number of rotatable bonds is 5. The van der Waals surface area contributed by atoms with Crippen LogP contribution in [0.5, 0.6) is 0 Å². The van der Waals surface area contributed by atoms with Crippen molar-refractivity contribution in [1.29, 1.82) is 5.26 Å². The number of amides is 2. The number of nitriles is 1. The molecule has 0 aliphatic heterocycles. The molecule has 2 amide bonds. The molecular formula is C19H18ClN5O4. The van der Waals surface area contributed by atoms with Gasteiger partial charge < -0.3 is 10.1 Å². The first-order valence-electron chi connectivity index (χ1n) is 8.72. The summed E-state index contributed by atoms with van der Waals surface area (Å²) in [4.78, 5) is 40.8. The maximum absolute atomic E-state index is 12.6. The molecule has 29 heavy (non-hydrogen) atoms. The molecular weight excluding hydrogens is 398 g/mol. The van der Waals surface area contributed by atoms with Gasteiger partial charge in [0.15, 0.2) is 0 Å². The number of nitrogens with zero attached hydrogens (tertiary/aromatic N) is 3. The topological polar surface area (TPSA) is 126 Å². The number of nitrogens with one attached hydrogen (secondary N) is 2. The second-order valence-corrected chi connectivity index (χ2v) is 7.10. The van der Waals surface area contributed by atoms with Crippen molar-refractivity contribution in [2.45, 2.75) is 31.8 Å². The Morgan fingerprint density at radius 3 is 2.69 bits per heavy atom. The molecule has 2 N–H and O–H groups in total. The quantitative estimate of drug-likeness (QED) is 0.771. The highest BCUT2D eigenvalue weighted by Crippen LogP contribution is 2.34. The van der Waals surface area contributed by atoms with Gasteiger partial charge in [0.05, 0.1) is 24.6 Å². The summed E-state index contributed by atoms with van der Waals surface area (Å²) in [5, 5.41) is 14.6. The van der Waals surface area contributed by atoms with Gasteiger partial charge in [-0.3, -0.25) is 19.5 Å². The van der Waals surface area contributed by atoms with Crippen molar-refractivity contribution in [3.05, 3.63) is 45.5 Å². The standard InChI is InChI=1S/C19H18ClN5O4/c1-11-22-15(13-4-3-12(20)7-14(13)23-18(28)29-2)8-17(27)25(11)9-16(26)24-19(10-21)5-6-19/h3-4,7-8H,5-6,9H2,1-2H3,(H,23,28)(H,24,26). The second-order valence-electron chi connectivity index (χ2n) is 6.66. The molecule has 0 unspecified atom stereocenters. The lowest BCUT2D eigenvalue weighted by Gasteiger charge is -2.14. The number of aromatic nitrogens is 2. The van der Waals surface area contributed by atoms with E-state index in [-0.39, 0.29) is 6.54 Å². The van der Waals surface area contributed by atoms with Crippen LogP contribution in [0.25, 0.3) is 11.3 Å². The molecule has 10 heteroatoms.